The number of nitrogens with zero attached hydrogens (tertiary/aromatic N) is 1. The lowest BCUT2D eigenvalue weighted by molar-refractivity contribution is 0.170. The lowest BCUT2D eigenvalue weighted by atomic mass is 9.48. The van der Waals surface area contributed by atoms with Crippen molar-refractivity contribution in [2.75, 3.05) is 4.90 Å². The minimum Gasteiger partial charge on any atom is -0.311 e. The molecule has 1 heteroatoms. The summed E-state index contributed by atoms with van der Waals surface area (Å²) in [7, 11) is 0. The van der Waals surface area contributed by atoms with E-state index in [2.05, 4.69) is 84.6 Å². The summed E-state index contributed by atoms with van der Waals surface area (Å²) >= 11 is 0. The van der Waals surface area contributed by atoms with Gasteiger partial charge in [0.05, 0.1) is 0 Å². The number of hydrogen-bond donors (Lipinski definition) is 0. The maximum atomic E-state index is 2.45. The fraction of sp³-hybridized carbons (Fsp3) is 0.217. The maximum absolute atomic E-state index is 2.45. The van der Waals surface area contributed by atoms with Crippen molar-refractivity contribution < 1.29 is 0 Å². The van der Waals surface area contributed by atoms with Crippen LogP contribution in [0.2, 0.25) is 0 Å². The Hall–Kier alpha value is -2.54. The summed E-state index contributed by atoms with van der Waals surface area (Å²) in [6, 6.07) is 27.9. The summed E-state index contributed by atoms with van der Waals surface area (Å²) in [6.07, 6.45) is 1.22. The molecule has 116 valence electrons. The van der Waals surface area contributed by atoms with Gasteiger partial charge in [0.1, 0.15) is 0 Å². The molecule has 0 spiro atoms. The predicted molar refractivity (Wildman–Crippen MR) is 98.6 cm³/mol. The summed E-state index contributed by atoms with van der Waals surface area (Å²) in [6.45, 7) is 2.45. The molecule has 0 aromatic heterocycles. The number of anilines is 3. The molecule has 3 atom stereocenters. The molecule has 8 bridgehead atoms. The van der Waals surface area contributed by atoms with Gasteiger partial charge in [0.15, 0.2) is 0 Å². The van der Waals surface area contributed by atoms with E-state index in [0.717, 1.165) is 0 Å². The summed E-state index contributed by atoms with van der Waals surface area (Å²) in [4.78, 5) is 2.36. The van der Waals surface area contributed by atoms with Gasteiger partial charge in [0.2, 0.25) is 0 Å². The fourth-order valence-electron chi connectivity index (χ4n) is 5.33. The van der Waals surface area contributed by atoms with Crippen LogP contribution in [0.4, 0.5) is 17.1 Å². The van der Waals surface area contributed by atoms with E-state index in [-0.39, 0.29) is 5.41 Å². The Kier molecular flexibility index (Phi) is 2.19. The Balaban J connectivity index is 1.80. The first-order valence-electron chi connectivity index (χ1n) is 8.85. The molecule has 1 nitrogen and oxygen atoms in total. The Bertz CT molecular complexity index is 937. The third-order valence-electron chi connectivity index (χ3n) is 6.61. The van der Waals surface area contributed by atoms with Gasteiger partial charge >= 0.3 is 0 Å². The van der Waals surface area contributed by atoms with E-state index in [1.807, 2.05) is 0 Å². The lowest BCUT2D eigenvalue weighted by Crippen LogP contribution is -2.46. The zero-order valence-corrected chi connectivity index (χ0v) is 13.7. The van der Waals surface area contributed by atoms with Gasteiger partial charge in [-0.05, 0) is 65.4 Å². The first-order chi connectivity index (χ1) is 11.7. The molecule has 1 fully saturated rings. The van der Waals surface area contributed by atoms with Crippen LogP contribution in [-0.2, 0) is 5.41 Å². The highest BCUT2D eigenvalue weighted by atomic mass is 15.1. The van der Waals surface area contributed by atoms with Crippen molar-refractivity contribution in [1.29, 1.82) is 0 Å². The van der Waals surface area contributed by atoms with Crippen LogP contribution in [0.25, 0.3) is 0 Å². The third-order valence-corrected chi connectivity index (χ3v) is 6.61. The molecule has 3 aromatic rings. The average Bonchev–Trinajstić information content (AvgIpc) is 2.68. The van der Waals surface area contributed by atoms with Crippen LogP contribution in [0.1, 0.15) is 41.9 Å². The second-order valence-corrected chi connectivity index (χ2v) is 7.77. The van der Waals surface area contributed by atoms with Crippen LogP contribution in [0.3, 0.4) is 0 Å². The van der Waals surface area contributed by atoms with Gasteiger partial charge in [0, 0.05) is 28.4 Å². The smallest absolute Gasteiger partial charge is 0.0461 e. The van der Waals surface area contributed by atoms with Crippen molar-refractivity contribution in [3.8, 4) is 0 Å². The van der Waals surface area contributed by atoms with Gasteiger partial charge in [-0.25, -0.2) is 0 Å². The number of rotatable bonds is 0. The Labute approximate surface area is 142 Å². The lowest BCUT2D eigenvalue weighted by Gasteiger charge is -2.54. The van der Waals surface area contributed by atoms with Gasteiger partial charge in [-0.2, -0.15) is 0 Å². The van der Waals surface area contributed by atoms with Crippen molar-refractivity contribution in [3.63, 3.8) is 0 Å². The molecule has 8 heterocycles. The zero-order chi connectivity index (χ0) is 15.9. The van der Waals surface area contributed by atoms with E-state index in [1.165, 1.54) is 40.2 Å². The largest absolute Gasteiger partial charge is 0.311 e. The van der Waals surface area contributed by atoms with E-state index >= 15 is 0 Å². The quantitative estimate of drug-likeness (QED) is 0.491. The first kappa shape index (κ1) is 12.8. The monoisotopic (exact) mass is 309 g/mol. The van der Waals surface area contributed by atoms with Crippen LogP contribution >= 0.6 is 0 Å². The Morgan fingerprint density at radius 3 is 1.79 bits per heavy atom. The molecule has 12 rings (SSSR count). The van der Waals surface area contributed by atoms with Gasteiger partial charge in [0.25, 0.3) is 0 Å². The maximum Gasteiger partial charge on any atom is 0.0461 e. The molecule has 9 aliphatic rings. The van der Waals surface area contributed by atoms with E-state index in [9.17, 15) is 0 Å². The Morgan fingerprint density at radius 1 is 0.708 bits per heavy atom. The molecule has 3 aromatic carbocycles. The normalized spacial score (nSPS) is 28.1. The minimum absolute atomic E-state index is 0.220. The second kappa shape index (κ2) is 4.10. The second-order valence-electron chi connectivity index (χ2n) is 7.77. The van der Waals surface area contributed by atoms with Crippen LogP contribution in [-0.4, -0.2) is 0 Å². The van der Waals surface area contributed by atoms with Gasteiger partial charge in [-0.15, -0.1) is 0 Å². The van der Waals surface area contributed by atoms with Crippen LogP contribution in [0.5, 0.6) is 0 Å². The first-order valence-corrected chi connectivity index (χ1v) is 8.85. The molecular formula is C23H19N. The molecule has 8 aliphatic heterocycles. The minimum atomic E-state index is 0.220. The molecule has 24 heavy (non-hydrogen) atoms. The van der Waals surface area contributed by atoms with Crippen molar-refractivity contribution in [3.05, 3.63) is 89.5 Å². The highest BCUT2D eigenvalue weighted by Crippen LogP contribution is 2.63. The van der Waals surface area contributed by atoms with Crippen LogP contribution in [0, 0.1) is 0 Å². The molecule has 0 radical (unpaired) electrons. The summed E-state index contributed by atoms with van der Waals surface area (Å²) in [5.74, 6) is 1.16. The predicted octanol–water partition coefficient (Wildman–Crippen LogP) is 6.01. The molecule has 3 unspecified atom stereocenters. The highest BCUT2D eigenvalue weighted by molar-refractivity contribution is 5.77. The molecule has 0 amide bonds. The number of benzene rings is 3. The van der Waals surface area contributed by atoms with Crippen molar-refractivity contribution >= 4 is 17.1 Å². The number of hydrogen-bond acceptors (Lipinski definition) is 1. The van der Waals surface area contributed by atoms with E-state index < -0.39 is 0 Å². The highest BCUT2D eigenvalue weighted by Gasteiger charge is 2.52. The SMILES string of the molecule is CC12CC3c4ccc(cc4)N(c4ccc(cc4)C31)c1ccc2cc1. The zero-order valence-electron chi connectivity index (χ0n) is 13.7. The molecule has 0 saturated heterocycles. The topological polar surface area (TPSA) is 3.24 Å². The van der Waals surface area contributed by atoms with Gasteiger partial charge in [-0.1, -0.05) is 43.3 Å². The fourth-order valence-corrected chi connectivity index (χ4v) is 5.33. The standard InChI is InChI=1S/C23H19N/c1-23-14-21-15-2-8-18(9-3-15)24(20-12-6-17(23)7-13-20)19-10-4-16(5-11-19)22(21)23/h2-13,21-22H,14H2,1H3. The molecule has 1 aliphatic carbocycles. The van der Waals surface area contributed by atoms with Crippen molar-refractivity contribution in [1.82, 2.24) is 0 Å². The summed E-state index contributed by atoms with van der Waals surface area (Å²) in [5, 5.41) is 0. The third kappa shape index (κ3) is 1.41. The molecular weight excluding hydrogens is 290 g/mol. The van der Waals surface area contributed by atoms with E-state index in [0.29, 0.717) is 11.8 Å². The molecule has 1 saturated carbocycles. The van der Waals surface area contributed by atoms with Gasteiger partial charge < -0.3 is 4.90 Å². The van der Waals surface area contributed by atoms with Crippen molar-refractivity contribution in [2.45, 2.75) is 30.6 Å². The average molecular weight is 309 g/mol. The van der Waals surface area contributed by atoms with E-state index in [4.69, 9.17) is 0 Å². The summed E-state index contributed by atoms with van der Waals surface area (Å²) < 4.78 is 0. The summed E-state index contributed by atoms with van der Waals surface area (Å²) in [5.41, 5.74) is 8.37. The van der Waals surface area contributed by atoms with Gasteiger partial charge in [-0.3, -0.25) is 0 Å². The molecule has 0 N–H and O–H groups in total. The van der Waals surface area contributed by atoms with Crippen LogP contribution in [0.15, 0.2) is 72.8 Å². The van der Waals surface area contributed by atoms with Crippen molar-refractivity contribution in [2.24, 2.45) is 0 Å². The van der Waals surface area contributed by atoms with Crippen LogP contribution < -0.4 is 4.90 Å². The Morgan fingerprint density at radius 2 is 1.21 bits per heavy atom. The van der Waals surface area contributed by atoms with E-state index in [1.54, 1.807) is 0 Å².